The number of carbonyl (C=O) groups is 2. The number of anilines is 1. The Labute approximate surface area is 213 Å². The van der Waals surface area contributed by atoms with E-state index in [-0.39, 0.29) is 18.5 Å². The third kappa shape index (κ3) is 7.06. The normalized spacial score (nSPS) is 14.9. The van der Waals surface area contributed by atoms with Gasteiger partial charge in [0.05, 0.1) is 11.9 Å². The molecule has 0 heterocycles. The minimum absolute atomic E-state index is 0.0557. The number of aryl methyl sites for hydroxylation is 2. The molecule has 9 heteroatoms. The molecule has 2 aromatic carbocycles. The van der Waals surface area contributed by atoms with Crippen LogP contribution in [0.5, 0.6) is 0 Å². The largest absolute Gasteiger partial charge is 0.352 e. The Kier molecular flexibility index (Phi) is 9.11. The van der Waals surface area contributed by atoms with Crippen LogP contribution in [0.2, 0.25) is 0 Å². The molecule has 0 radical (unpaired) electrons. The number of halogens is 1. The zero-order valence-corrected chi connectivity index (χ0v) is 22.3. The average molecular weight is 518 g/mol. The smallest absolute Gasteiger partial charge is 0.244 e. The highest BCUT2D eigenvalue weighted by molar-refractivity contribution is 7.92. The van der Waals surface area contributed by atoms with Crippen LogP contribution in [0.15, 0.2) is 42.5 Å². The van der Waals surface area contributed by atoms with Crippen molar-refractivity contribution in [2.75, 3.05) is 17.1 Å². The lowest BCUT2D eigenvalue weighted by Gasteiger charge is -2.33. The van der Waals surface area contributed by atoms with Crippen LogP contribution in [0.1, 0.15) is 55.7 Å². The van der Waals surface area contributed by atoms with E-state index in [4.69, 9.17) is 0 Å². The summed E-state index contributed by atoms with van der Waals surface area (Å²) in [4.78, 5) is 28.4. The third-order valence-electron chi connectivity index (χ3n) is 6.67. The Bertz CT molecular complexity index is 1180. The second-order valence-electron chi connectivity index (χ2n) is 9.62. The molecule has 0 aromatic heterocycles. The molecule has 1 saturated carbocycles. The van der Waals surface area contributed by atoms with Crippen molar-refractivity contribution in [3.05, 3.63) is 65.0 Å². The van der Waals surface area contributed by atoms with E-state index in [2.05, 4.69) is 5.32 Å². The van der Waals surface area contributed by atoms with E-state index in [1.54, 1.807) is 25.1 Å². The monoisotopic (exact) mass is 517 g/mol. The lowest BCUT2D eigenvalue weighted by Crippen LogP contribution is -2.53. The second kappa shape index (κ2) is 11.9. The molecule has 1 aliphatic rings. The molecule has 0 spiro atoms. The molecule has 3 rings (SSSR count). The van der Waals surface area contributed by atoms with Gasteiger partial charge in [-0.15, -0.1) is 0 Å². The molecule has 1 atom stereocenters. The molecule has 196 valence electrons. The first kappa shape index (κ1) is 27.6. The van der Waals surface area contributed by atoms with Crippen LogP contribution >= 0.6 is 0 Å². The Morgan fingerprint density at radius 1 is 1.08 bits per heavy atom. The first-order chi connectivity index (χ1) is 17.0. The van der Waals surface area contributed by atoms with E-state index in [0.717, 1.165) is 47.4 Å². The molecular weight excluding hydrogens is 481 g/mol. The number of rotatable bonds is 10. The number of hydrogen-bond donors (Lipinski definition) is 1. The number of hydrogen-bond acceptors (Lipinski definition) is 4. The van der Waals surface area contributed by atoms with Crippen molar-refractivity contribution in [3.63, 3.8) is 0 Å². The quantitative estimate of drug-likeness (QED) is 0.515. The topological polar surface area (TPSA) is 86.8 Å². The van der Waals surface area contributed by atoms with Gasteiger partial charge in [-0.25, -0.2) is 12.8 Å². The van der Waals surface area contributed by atoms with Crippen molar-refractivity contribution < 1.29 is 22.4 Å². The van der Waals surface area contributed by atoms with Gasteiger partial charge in [0.2, 0.25) is 21.8 Å². The predicted molar refractivity (Wildman–Crippen MR) is 140 cm³/mol. The van der Waals surface area contributed by atoms with Gasteiger partial charge in [0.25, 0.3) is 0 Å². The molecule has 7 nitrogen and oxygen atoms in total. The van der Waals surface area contributed by atoms with Gasteiger partial charge >= 0.3 is 0 Å². The van der Waals surface area contributed by atoms with Crippen LogP contribution in [0.25, 0.3) is 0 Å². The molecule has 0 saturated heterocycles. The maximum atomic E-state index is 13.7. The number of nitrogens with one attached hydrogen (secondary N) is 1. The lowest BCUT2D eigenvalue weighted by molar-refractivity contribution is -0.140. The van der Waals surface area contributed by atoms with Crippen LogP contribution in [0.3, 0.4) is 0 Å². The summed E-state index contributed by atoms with van der Waals surface area (Å²) in [6, 6.07) is 10.5. The molecule has 1 aliphatic carbocycles. The highest BCUT2D eigenvalue weighted by Crippen LogP contribution is 2.25. The summed E-state index contributed by atoms with van der Waals surface area (Å²) in [5.41, 5.74) is 2.66. The minimum Gasteiger partial charge on any atom is -0.352 e. The standard InChI is InChI=1S/C27H36FN3O4S/c1-5-24(27(33)29-23-8-6-7-9-23)30(17-21-12-14-22(28)15-13-21)26(32)18-31(36(4,34)35)25-16-19(2)10-11-20(25)3/h10-16,23-24H,5-9,17-18H2,1-4H3,(H,29,33). The first-order valence-electron chi connectivity index (χ1n) is 12.4. The zero-order valence-electron chi connectivity index (χ0n) is 21.5. The van der Waals surface area contributed by atoms with E-state index in [9.17, 15) is 22.4 Å². The van der Waals surface area contributed by atoms with Gasteiger partial charge in [0, 0.05) is 12.6 Å². The fraction of sp³-hybridized carbons (Fsp3) is 0.481. The number of sulfonamides is 1. The fourth-order valence-corrected chi connectivity index (χ4v) is 5.56. The summed E-state index contributed by atoms with van der Waals surface area (Å²) in [7, 11) is -3.80. The Morgan fingerprint density at radius 3 is 2.31 bits per heavy atom. The summed E-state index contributed by atoms with van der Waals surface area (Å²) >= 11 is 0. The van der Waals surface area contributed by atoms with Crippen LogP contribution < -0.4 is 9.62 Å². The predicted octanol–water partition coefficient (Wildman–Crippen LogP) is 4.07. The molecule has 0 bridgehead atoms. The summed E-state index contributed by atoms with van der Waals surface area (Å²) in [6.45, 7) is 5.07. The van der Waals surface area contributed by atoms with Crippen LogP contribution in [-0.2, 0) is 26.2 Å². The Morgan fingerprint density at radius 2 is 1.72 bits per heavy atom. The number of carbonyl (C=O) groups excluding carboxylic acids is 2. The summed E-state index contributed by atoms with van der Waals surface area (Å²) in [6.07, 6.45) is 5.34. The van der Waals surface area contributed by atoms with Gasteiger partial charge in [0.1, 0.15) is 18.4 Å². The van der Waals surface area contributed by atoms with Gasteiger partial charge < -0.3 is 10.2 Å². The SMILES string of the molecule is CCC(C(=O)NC1CCCC1)N(Cc1ccc(F)cc1)C(=O)CN(c1cc(C)ccc1C)S(C)(=O)=O. The van der Waals surface area contributed by atoms with Crippen molar-refractivity contribution in [3.8, 4) is 0 Å². The van der Waals surface area contributed by atoms with E-state index in [1.165, 1.54) is 17.0 Å². The van der Waals surface area contributed by atoms with Crippen molar-refractivity contribution in [2.24, 2.45) is 0 Å². The van der Waals surface area contributed by atoms with Crippen LogP contribution in [0.4, 0.5) is 10.1 Å². The minimum atomic E-state index is -3.80. The zero-order chi connectivity index (χ0) is 26.5. The van der Waals surface area contributed by atoms with Crippen molar-refractivity contribution in [1.82, 2.24) is 10.2 Å². The van der Waals surface area contributed by atoms with Gasteiger partial charge in [-0.1, -0.05) is 44.0 Å². The highest BCUT2D eigenvalue weighted by Gasteiger charge is 2.33. The van der Waals surface area contributed by atoms with E-state index in [1.807, 2.05) is 26.0 Å². The molecule has 0 aliphatic heterocycles. The van der Waals surface area contributed by atoms with Crippen molar-refractivity contribution >= 4 is 27.5 Å². The first-order valence-corrected chi connectivity index (χ1v) is 14.2. The molecule has 1 N–H and O–H groups in total. The lowest BCUT2D eigenvalue weighted by atomic mass is 10.1. The second-order valence-corrected chi connectivity index (χ2v) is 11.5. The number of benzene rings is 2. The van der Waals surface area contributed by atoms with Crippen LogP contribution in [0, 0.1) is 19.7 Å². The Hall–Kier alpha value is -2.94. The van der Waals surface area contributed by atoms with E-state index >= 15 is 0 Å². The maximum Gasteiger partial charge on any atom is 0.244 e. The molecule has 36 heavy (non-hydrogen) atoms. The van der Waals surface area contributed by atoms with Crippen LogP contribution in [-0.4, -0.2) is 50.0 Å². The average Bonchev–Trinajstić information content (AvgIpc) is 3.32. The van der Waals surface area contributed by atoms with Crippen molar-refractivity contribution in [1.29, 1.82) is 0 Å². The third-order valence-corrected chi connectivity index (χ3v) is 7.79. The van der Waals surface area contributed by atoms with Crippen molar-refractivity contribution in [2.45, 2.75) is 71.5 Å². The van der Waals surface area contributed by atoms with Gasteiger partial charge in [-0.2, -0.15) is 0 Å². The molecule has 1 unspecified atom stereocenters. The highest BCUT2D eigenvalue weighted by atomic mass is 32.2. The van der Waals surface area contributed by atoms with E-state index < -0.39 is 34.3 Å². The summed E-state index contributed by atoms with van der Waals surface area (Å²) < 4.78 is 40.2. The van der Waals surface area contributed by atoms with E-state index in [0.29, 0.717) is 17.7 Å². The summed E-state index contributed by atoms with van der Waals surface area (Å²) in [5, 5.41) is 3.07. The number of nitrogens with zero attached hydrogens (tertiary/aromatic N) is 2. The Balaban J connectivity index is 1.94. The molecule has 2 aromatic rings. The summed E-state index contributed by atoms with van der Waals surface area (Å²) in [5.74, 6) is -1.16. The van der Waals surface area contributed by atoms with Gasteiger partial charge in [0.15, 0.2) is 0 Å². The fourth-order valence-electron chi connectivity index (χ4n) is 4.66. The van der Waals surface area contributed by atoms with Gasteiger partial charge in [-0.05, 0) is 68.0 Å². The van der Waals surface area contributed by atoms with Gasteiger partial charge in [-0.3, -0.25) is 13.9 Å². The molecule has 2 amide bonds. The molecular formula is C27H36FN3O4S. The number of amides is 2. The maximum absolute atomic E-state index is 13.7. The molecule has 1 fully saturated rings.